The molecule has 0 radical (unpaired) electrons. The van der Waals surface area contributed by atoms with Crippen LogP contribution in [0.2, 0.25) is 0 Å². The van der Waals surface area contributed by atoms with Crippen molar-refractivity contribution in [2.45, 2.75) is 12.5 Å². The van der Waals surface area contributed by atoms with Crippen molar-refractivity contribution in [1.82, 2.24) is 19.5 Å². The van der Waals surface area contributed by atoms with Crippen molar-refractivity contribution in [2.75, 3.05) is 37.6 Å². The van der Waals surface area contributed by atoms with Crippen LogP contribution in [-0.2, 0) is 6.42 Å². The van der Waals surface area contributed by atoms with E-state index in [9.17, 15) is 9.50 Å². The number of aliphatic hydroxyl groups excluding tert-OH is 1. The molecule has 1 N–H and O–H groups in total. The Labute approximate surface area is 184 Å². The number of benzene rings is 2. The summed E-state index contributed by atoms with van der Waals surface area (Å²) in [4.78, 5) is 10.1. The normalized spacial score (nSPS) is 16.1. The summed E-state index contributed by atoms with van der Waals surface area (Å²) in [7, 11) is 0. The molecule has 0 bridgehead atoms. The van der Waals surface area contributed by atoms with E-state index in [0.29, 0.717) is 13.0 Å². The molecule has 4 aromatic rings. The van der Waals surface area contributed by atoms with Crippen molar-refractivity contribution >= 4 is 21.4 Å². The van der Waals surface area contributed by atoms with E-state index < -0.39 is 0 Å². The van der Waals surface area contributed by atoms with Crippen molar-refractivity contribution in [3.63, 3.8) is 0 Å². The lowest BCUT2D eigenvalue weighted by Crippen LogP contribution is -2.48. The van der Waals surface area contributed by atoms with Gasteiger partial charge in [-0.15, -0.1) is 5.10 Å². The first-order valence-corrected chi connectivity index (χ1v) is 11.3. The maximum atomic E-state index is 13.1. The van der Waals surface area contributed by atoms with Gasteiger partial charge in [0.2, 0.25) is 10.1 Å². The third-order valence-corrected chi connectivity index (χ3v) is 6.58. The van der Waals surface area contributed by atoms with Crippen LogP contribution in [0.5, 0.6) is 0 Å². The zero-order valence-corrected chi connectivity index (χ0v) is 17.9. The van der Waals surface area contributed by atoms with E-state index in [1.165, 1.54) is 17.7 Å². The van der Waals surface area contributed by atoms with Crippen molar-refractivity contribution in [2.24, 2.45) is 0 Å². The van der Waals surface area contributed by atoms with E-state index in [1.807, 2.05) is 24.4 Å². The summed E-state index contributed by atoms with van der Waals surface area (Å²) in [5.74, 6) is -0.253. The minimum absolute atomic E-state index is 0.253. The van der Waals surface area contributed by atoms with Crippen LogP contribution in [0, 0.1) is 5.82 Å². The number of hydrogen-bond acceptors (Lipinski definition) is 6. The van der Waals surface area contributed by atoms with E-state index >= 15 is 0 Å². The van der Waals surface area contributed by atoms with Crippen LogP contribution >= 0.6 is 11.3 Å². The number of aliphatic hydroxyl groups is 1. The quantitative estimate of drug-likeness (QED) is 0.502. The second-order valence-corrected chi connectivity index (χ2v) is 8.81. The monoisotopic (exact) mass is 437 g/mol. The summed E-state index contributed by atoms with van der Waals surface area (Å²) in [6.45, 7) is 4.23. The molecule has 1 fully saturated rings. The number of piperazine rings is 1. The second-order valence-electron chi connectivity index (χ2n) is 7.88. The molecule has 0 spiro atoms. The molecule has 0 amide bonds. The van der Waals surface area contributed by atoms with Crippen LogP contribution in [0.1, 0.15) is 5.56 Å². The van der Waals surface area contributed by atoms with Crippen LogP contribution in [-0.4, -0.2) is 63.4 Å². The first-order valence-electron chi connectivity index (χ1n) is 10.5. The number of β-amino-alcohol motifs (C(OH)–C–C–N with tert-alkyl or cyclic N) is 1. The topological polar surface area (TPSA) is 56.9 Å². The fourth-order valence-electron chi connectivity index (χ4n) is 3.95. The fourth-order valence-corrected chi connectivity index (χ4v) is 4.88. The summed E-state index contributed by atoms with van der Waals surface area (Å²) in [5.41, 5.74) is 2.84. The Kier molecular flexibility index (Phi) is 5.67. The number of halogens is 1. The van der Waals surface area contributed by atoms with Gasteiger partial charge < -0.3 is 10.0 Å². The number of aromatic nitrogens is 3. The lowest BCUT2D eigenvalue weighted by atomic mass is 10.1. The maximum Gasteiger partial charge on any atom is 0.214 e. The molecule has 6 nitrogen and oxygen atoms in total. The molecule has 0 aliphatic carbocycles. The second kappa shape index (κ2) is 8.74. The summed E-state index contributed by atoms with van der Waals surface area (Å²) >= 11 is 1.56. The van der Waals surface area contributed by atoms with Crippen LogP contribution in [0.4, 0.5) is 9.52 Å². The predicted octanol–water partition coefficient (Wildman–Crippen LogP) is 3.32. The molecule has 1 unspecified atom stereocenters. The molecule has 1 saturated heterocycles. The number of rotatable bonds is 6. The first kappa shape index (κ1) is 20.1. The highest BCUT2D eigenvalue weighted by molar-refractivity contribution is 7.20. The summed E-state index contributed by atoms with van der Waals surface area (Å²) in [6.07, 6.45) is 2.21. The standard InChI is InChI=1S/C23H24FN5OS/c24-19-8-6-18(7-9-19)21-16-29-22(25-21)31-23(26-29)28-12-10-27(11-13-28)15-20(30)14-17-4-2-1-3-5-17/h1-9,16,20,30H,10-15H2. The molecule has 1 atom stereocenters. The third-order valence-electron chi connectivity index (χ3n) is 5.60. The lowest BCUT2D eigenvalue weighted by molar-refractivity contribution is 0.109. The van der Waals surface area contributed by atoms with Crippen molar-refractivity contribution in [3.8, 4) is 11.3 Å². The zero-order chi connectivity index (χ0) is 21.2. The van der Waals surface area contributed by atoms with E-state index in [1.54, 1.807) is 28.0 Å². The van der Waals surface area contributed by atoms with E-state index in [-0.39, 0.29) is 11.9 Å². The van der Waals surface area contributed by atoms with Gasteiger partial charge in [0.25, 0.3) is 0 Å². The number of imidazole rings is 1. The minimum atomic E-state index is -0.359. The highest BCUT2D eigenvalue weighted by Gasteiger charge is 2.22. The number of fused-ring (bicyclic) bond motifs is 1. The Hall–Kier alpha value is -2.81. The van der Waals surface area contributed by atoms with Gasteiger partial charge in [0, 0.05) is 38.3 Å². The predicted molar refractivity (Wildman–Crippen MR) is 121 cm³/mol. The van der Waals surface area contributed by atoms with Crippen molar-refractivity contribution in [3.05, 3.63) is 72.2 Å². The molecular formula is C23H24FN5OS. The lowest BCUT2D eigenvalue weighted by Gasteiger charge is -2.35. The number of nitrogens with zero attached hydrogens (tertiary/aromatic N) is 5. The van der Waals surface area contributed by atoms with E-state index in [4.69, 9.17) is 5.10 Å². The molecule has 5 rings (SSSR count). The third kappa shape index (κ3) is 4.61. The molecule has 2 aromatic heterocycles. The molecule has 160 valence electrons. The highest BCUT2D eigenvalue weighted by Crippen LogP contribution is 2.27. The molecule has 31 heavy (non-hydrogen) atoms. The van der Waals surface area contributed by atoms with Gasteiger partial charge >= 0.3 is 0 Å². The Morgan fingerprint density at radius 1 is 1.00 bits per heavy atom. The number of hydrogen-bond donors (Lipinski definition) is 1. The largest absolute Gasteiger partial charge is 0.391 e. The average Bonchev–Trinajstić information content (AvgIpc) is 3.35. The number of anilines is 1. The van der Waals surface area contributed by atoms with Crippen molar-refractivity contribution < 1.29 is 9.50 Å². The SMILES string of the molecule is OC(Cc1ccccc1)CN1CCN(c2nn3cc(-c4ccc(F)cc4)nc3s2)CC1. The molecule has 0 saturated carbocycles. The highest BCUT2D eigenvalue weighted by atomic mass is 32.1. The summed E-state index contributed by atoms with van der Waals surface area (Å²) in [6, 6.07) is 16.5. The molecule has 8 heteroatoms. The Balaban J connectivity index is 1.17. The maximum absolute atomic E-state index is 13.1. The zero-order valence-electron chi connectivity index (χ0n) is 17.1. The van der Waals surface area contributed by atoms with Gasteiger partial charge in [0.15, 0.2) is 0 Å². The Bertz CT molecular complexity index is 1100. The molecule has 1 aliphatic rings. The smallest absolute Gasteiger partial charge is 0.214 e. The van der Waals surface area contributed by atoms with Gasteiger partial charge in [-0.3, -0.25) is 4.90 Å². The van der Waals surface area contributed by atoms with Gasteiger partial charge in [0.05, 0.1) is 18.0 Å². The van der Waals surface area contributed by atoms with Gasteiger partial charge in [-0.2, -0.15) is 0 Å². The summed E-state index contributed by atoms with van der Waals surface area (Å²) in [5, 5.41) is 16.1. The average molecular weight is 438 g/mol. The van der Waals surface area contributed by atoms with Gasteiger partial charge in [-0.05, 0) is 36.2 Å². The Morgan fingerprint density at radius 2 is 1.74 bits per heavy atom. The Morgan fingerprint density at radius 3 is 2.45 bits per heavy atom. The van der Waals surface area contributed by atoms with Crippen LogP contribution < -0.4 is 4.90 Å². The molecule has 3 heterocycles. The van der Waals surface area contributed by atoms with Crippen LogP contribution in [0.15, 0.2) is 60.8 Å². The minimum Gasteiger partial charge on any atom is -0.391 e. The van der Waals surface area contributed by atoms with E-state index in [0.717, 1.165) is 47.5 Å². The van der Waals surface area contributed by atoms with Crippen molar-refractivity contribution in [1.29, 1.82) is 0 Å². The van der Waals surface area contributed by atoms with Gasteiger partial charge in [-0.25, -0.2) is 13.9 Å². The van der Waals surface area contributed by atoms with Crippen LogP contribution in [0.25, 0.3) is 16.2 Å². The first-order chi connectivity index (χ1) is 15.1. The molecular weight excluding hydrogens is 413 g/mol. The van der Waals surface area contributed by atoms with Gasteiger partial charge in [0.1, 0.15) is 5.82 Å². The summed E-state index contributed by atoms with van der Waals surface area (Å²) < 4.78 is 14.9. The molecule has 2 aromatic carbocycles. The van der Waals surface area contributed by atoms with E-state index in [2.05, 4.69) is 26.9 Å². The van der Waals surface area contributed by atoms with Crippen LogP contribution in [0.3, 0.4) is 0 Å². The molecule has 1 aliphatic heterocycles. The van der Waals surface area contributed by atoms with Gasteiger partial charge in [-0.1, -0.05) is 41.7 Å². The fraction of sp³-hybridized carbons (Fsp3) is 0.304.